The van der Waals surface area contributed by atoms with Crippen LogP contribution in [-0.2, 0) is 9.53 Å². The van der Waals surface area contributed by atoms with Gasteiger partial charge < -0.3 is 15.4 Å². The SMILES string of the molecule is COC(=O)c1cccc(C#Cc2cccc(NC(=O)CNC(=O)c3ccccc3)c2)c1. The van der Waals surface area contributed by atoms with Crippen LogP contribution in [0.5, 0.6) is 0 Å². The molecule has 154 valence electrons. The molecule has 0 aliphatic heterocycles. The van der Waals surface area contributed by atoms with Gasteiger partial charge in [0.25, 0.3) is 5.91 Å². The zero-order valence-corrected chi connectivity index (χ0v) is 16.8. The van der Waals surface area contributed by atoms with Crippen molar-refractivity contribution < 1.29 is 19.1 Å². The Hall–Kier alpha value is -4.37. The van der Waals surface area contributed by atoms with Crippen LogP contribution in [0, 0.1) is 11.8 Å². The Kier molecular flexibility index (Phi) is 7.17. The summed E-state index contributed by atoms with van der Waals surface area (Å²) in [5.41, 5.74) is 2.83. The van der Waals surface area contributed by atoms with Gasteiger partial charge in [-0.3, -0.25) is 9.59 Å². The van der Waals surface area contributed by atoms with E-state index in [2.05, 4.69) is 22.5 Å². The van der Waals surface area contributed by atoms with Crippen molar-refractivity contribution in [2.75, 3.05) is 19.0 Å². The van der Waals surface area contributed by atoms with Gasteiger partial charge >= 0.3 is 5.97 Å². The van der Waals surface area contributed by atoms with Crippen LogP contribution in [0.25, 0.3) is 0 Å². The van der Waals surface area contributed by atoms with Gasteiger partial charge in [-0.15, -0.1) is 0 Å². The fourth-order valence-electron chi connectivity index (χ4n) is 2.72. The zero-order valence-electron chi connectivity index (χ0n) is 16.8. The molecule has 3 aromatic carbocycles. The predicted molar refractivity (Wildman–Crippen MR) is 118 cm³/mol. The van der Waals surface area contributed by atoms with E-state index in [1.54, 1.807) is 66.7 Å². The first-order valence-corrected chi connectivity index (χ1v) is 9.49. The number of anilines is 1. The van der Waals surface area contributed by atoms with E-state index in [0.29, 0.717) is 27.9 Å². The highest BCUT2D eigenvalue weighted by molar-refractivity contribution is 5.99. The van der Waals surface area contributed by atoms with Crippen molar-refractivity contribution in [1.29, 1.82) is 0 Å². The number of benzene rings is 3. The number of hydrogen-bond donors (Lipinski definition) is 2. The van der Waals surface area contributed by atoms with Crippen molar-refractivity contribution in [3.8, 4) is 11.8 Å². The molecular formula is C25H20N2O4. The highest BCUT2D eigenvalue weighted by atomic mass is 16.5. The molecule has 2 N–H and O–H groups in total. The average Bonchev–Trinajstić information content (AvgIpc) is 2.81. The normalized spacial score (nSPS) is 9.71. The maximum atomic E-state index is 12.2. The molecule has 0 spiro atoms. The maximum Gasteiger partial charge on any atom is 0.337 e. The standard InChI is InChI=1S/C25H20N2O4/c1-31-25(30)21-11-5-7-18(15-21)13-14-19-8-6-12-22(16-19)27-23(28)17-26-24(29)20-9-3-2-4-10-20/h2-12,15-16H,17H2,1H3,(H,26,29)(H,27,28). The minimum absolute atomic E-state index is 0.149. The molecule has 0 aromatic heterocycles. The lowest BCUT2D eigenvalue weighted by molar-refractivity contribution is -0.115. The van der Waals surface area contributed by atoms with E-state index in [0.717, 1.165) is 0 Å². The first-order valence-electron chi connectivity index (χ1n) is 9.49. The quantitative estimate of drug-likeness (QED) is 0.498. The summed E-state index contributed by atoms with van der Waals surface area (Å²) in [7, 11) is 1.33. The lowest BCUT2D eigenvalue weighted by Gasteiger charge is -2.07. The Morgan fingerprint density at radius 2 is 1.45 bits per heavy atom. The number of ether oxygens (including phenoxy) is 1. The third-order valence-electron chi connectivity index (χ3n) is 4.23. The molecule has 31 heavy (non-hydrogen) atoms. The number of esters is 1. The molecule has 0 aliphatic carbocycles. The van der Waals surface area contributed by atoms with E-state index >= 15 is 0 Å². The molecular weight excluding hydrogens is 392 g/mol. The van der Waals surface area contributed by atoms with Crippen molar-refractivity contribution in [3.05, 3.63) is 101 Å². The van der Waals surface area contributed by atoms with Crippen molar-refractivity contribution in [2.24, 2.45) is 0 Å². The Morgan fingerprint density at radius 3 is 2.16 bits per heavy atom. The molecule has 0 saturated heterocycles. The van der Waals surface area contributed by atoms with E-state index in [-0.39, 0.29) is 18.4 Å². The van der Waals surface area contributed by atoms with Gasteiger partial charge in [-0.2, -0.15) is 0 Å². The zero-order chi connectivity index (χ0) is 22.1. The fraction of sp³-hybridized carbons (Fsp3) is 0.0800. The molecule has 0 unspecified atom stereocenters. The second-order valence-corrected chi connectivity index (χ2v) is 6.50. The first-order chi connectivity index (χ1) is 15.0. The predicted octanol–water partition coefficient (Wildman–Crippen LogP) is 3.24. The summed E-state index contributed by atoms with van der Waals surface area (Å²) in [6.45, 7) is -0.149. The Bertz CT molecular complexity index is 1160. The number of hydrogen-bond acceptors (Lipinski definition) is 4. The van der Waals surface area contributed by atoms with Gasteiger partial charge in [0, 0.05) is 22.4 Å². The highest BCUT2D eigenvalue weighted by Crippen LogP contribution is 2.11. The summed E-state index contributed by atoms with van der Waals surface area (Å²) in [5.74, 6) is 4.91. The molecule has 3 aromatic rings. The van der Waals surface area contributed by atoms with Gasteiger partial charge in [-0.1, -0.05) is 42.2 Å². The summed E-state index contributed by atoms with van der Waals surface area (Å²) < 4.78 is 4.71. The molecule has 6 nitrogen and oxygen atoms in total. The van der Waals surface area contributed by atoms with E-state index in [9.17, 15) is 14.4 Å². The number of amides is 2. The Morgan fingerprint density at radius 1 is 0.806 bits per heavy atom. The lowest BCUT2D eigenvalue weighted by Crippen LogP contribution is -2.32. The molecule has 0 radical (unpaired) electrons. The third-order valence-corrected chi connectivity index (χ3v) is 4.23. The summed E-state index contributed by atoms with van der Waals surface area (Å²) in [6.07, 6.45) is 0. The first kappa shape index (κ1) is 21.3. The second-order valence-electron chi connectivity index (χ2n) is 6.50. The van der Waals surface area contributed by atoms with Crippen LogP contribution in [0.4, 0.5) is 5.69 Å². The maximum absolute atomic E-state index is 12.2. The summed E-state index contributed by atoms with van der Waals surface area (Å²) in [6, 6.07) is 22.6. The van der Waals surface area contributed by atoms with Gasteiger partial charge in [0.15, 0.2) is 0 Å². The summed E-state index contributed by atoms with van der Waals surface area (Å²) >= 11 is 0. The van der Waals surface area contributed by atoms with Gasteiger partial charge in [-0.05, 0) is 48.5 Å². The fourth-order valence-corrected chi connectivity index (χ4v) is 2.72. The average molecular weight is 412 g/mol. The lowest BCUT2D eigenvalue weighted by atomic mass is 10.1. The molecule has 0 bridgehead atoms. The molecule has 3 rings (SSSR count). The van der Waals surface area contributed by atoms with E-state index in [1.165, 1.54) is 7.11 Å². The van der Waals surface area contributed by atoms with Crippen molar-refractivity contribution in [3.63, 3.8) is 0 Å². The van der Waals surface area contributed by atoms with Crippen molar-refractivity contribution in [2.45, 2.75) is 0 Å². The van der Waals surface area contributed by atoms with Crippen LogP contribution >= 0.6 is 0 Å². The van der Waals surface area contributed by atoms with E-state index < -0.39 is 5.97 Å². The number of methoxy groups -OCH3 is 1. The Labute approximate surface area is 180 Å². The second kappa shape index (κ2) is 10.4. The van der Waals surface area contributed by atoms with E-state index in [1.807, 2.05) is 12.1 Å². The van der Waals surface area contributed by atoms with Gasteiger partial charge in [-0.25, -0.2) is 4.79 Å². The van der Waals surface area contributed by atoms with Gasteiger partial charge in [0.05, 0.1) is 19.2 Å². The van der Waals surface area contributed by atoms with Crippen molar-refractivity contribution >= 4 is 23.5 Å². The molecule has 0 fully saturated rings. The number of carbonyl (C=O) groups is 3. The number of carbonyl (C=O) groups excluding carboxylic acids is 3. The molecule has 0 atom stereocenters. The van der Waals surface area contributed by atoms with Crippen LogP contribution in [-0.4, -0.2) is 31.4 Å². The van der Waals surface area contributed by atoms with Crippen molar-refractivity contribution in [1.82, 2.24) is 5.32 Å². The minimum Gasteiger partial charge on any atom is -0.465 e. The molecule has 0 aliphatic rings. The van der Waals surface area contributed by atoms with Crippen LogP contribution in [0.1, 0.15) is 31.8 Å². The monoisotopic (exact) mass is 412 g/mol. The van der Waals surface area contributed by atoms with E-state index in [4.69, 9.17) is 4.74 Å². The molecule has 0 heterocycles. The Balaban J connectivity index is 1.61. The van der Waals surface area contributed by atoms with Gasteiger partial charge in [0.2, 0.25) is 5.91 Å². The minimum atomic E-state index is -0.423. The largest absolute Gasteiger partial charge is 0.465 e. The molecule has 6 heteroatoms. The van der Waals surface area contributed by atoms with Crippen LogP contribution < -0.4 is 10.6 Å². The van der Waals surface area contributed by atoms with Crippen LogP contribution in [0.3, 0.4) is 0 Å². The summed E-state index contributed by atoms with van der Waals surface area (Å²) in [5, 5.41) is 5.32. The molecule has 2 amide bonds. The number of nitrogens with one attached hydrogen (secondary N) is 2. The van der Waals surface area contributed by atoms with Gasteiger partial charge in [0.1, 0.15) is 0 Å². The smallest absolute Gasteiger partial charge is 0.337 e. The number of rotatable bonds is 5. The molecule has 0 saturated carbocycles. The van der Waals surface area contributed by atoms with Crippen LogP contribution in [0.2, 0.25) is 0 Å². The highest BCUT2D eigenvalue weighted by Gasteiger charge is 2.08. The topological polar surface area (TPSA) is 84.5 Å². The van der Waals surface area contributed by atoms with Crippen LogP contribution in [0.15, 0.2) is 78.9 Å². The third kappa shape index (κ3) is 6.31. The summed E-state index contributed by atoms with van der Waals surface area (Å²) in [4.78, 5) is 35.8.